The number of morpholine rings is 1. The van der Waals surface area contributed by atoms with Crippen LogP contribution in [0.25, 0.3) is 0 Å². The molecule has 1 aromatic carbocycles. The van der Waals surface area contributed by atoms with Crippen LogP contribution in [0.2, 0.25) is 0 Å². The molecule has 166 valence electrons. The summed E-state index contributed by atoms with van der Waals surface area (Å²) in [5.74, 6) is 2.33. The highest BCUT2D eigenvalue weighted by Crippen LogP contribution is 2.33. The Hall–Kier alpha value is -1.26. The lowest BCUT2D eigenvalue weighted by Crippen LogP contribution is -2.44. The van der Waals surface area contributed by atoms with Gasteiger partial charge in [-0.05, 0) is 24.6 Å². The lowest BCUT2D eigenvalue weighted by Gasteiger charge is -2.27. The van der Waals surface area contributed by atoms with Crippen molar-refractivity contribution in [2.45, 2.75) is 26.2 Å². The number of guanidine groups is 1. The third-order valence-electron chi connectivity index (χ3n) is 4.97. The van der Waals surface area contributed by atoms with Crippen LogP contribution < -0.4 is 20.1 Å². The topological polar surface area (TPSA) is 67.4 Å². The fourth-order valence-corrected chi connectivity index (χ4v) is 3.12. The van der Waals surface area contributed by atoms with Crippen molar-refractivity contribution in [3.05, 3.63) is 23.8 Å². The third kappa shape index (κ3) is 8.18. The van der Waals surface area contributed by atoms with Crippen molar-refractivity contribution in [2.24, 2.45) is 4.99 Å². The summed E-state index contributed by atoms with van der Waals surface area (Å²) in [6.07, 6.45) is 0. The van der Waals surface area contributed by atoms with Gasteiger partial charge in [0.1, 0.15) is 0 Å². The van der Waals surface area contributed by atoms with Crippen molar-refractivity contribution in [2.75, 3.05) is 66.7 Å². The Morgan fingerprint density at radius 3 is 2.45 bits per heavy atom. The SMILES string of the molecule is CCNC(=NCC(C)(C)c1ccc(OC)c(OC)c1)NCCN1CCOCC1.I. The van der Waals surface area contributed by atoms with E-state index in [0.29, 0.717) is 6.54 Å². The Labute approximate surface area is 192 Å². The van der Waals surface area contributed by atoms with Crippen LogP contribution in [0.4, 0.5) is 0 Å². The number of benzene rings is 1. The highest BCUT2D eigenvalue weighted by Gasteiger charge is 2.22. The Morgan fingerprint density at radius 1 is 1.14 bits per heavy atom. The van der Waals surface area contributed by atoms with Gasteiger partial charge in [0.15, 0.2) is 17.5 Å². The number of halogens is 1. The van der Waals surface area contributed by atoms with Crippen molar-refractivity contribution in [3.63, 3.8) is 0 Å². The van der Waals surface area contributed by atoms with E-state index in [1.807, 2.05) is 12.1 Å². The summed E-state index contributed by atoms with van der Waals surface area (Å²) in [6.45, 7) is 13.5. The summed E-state index contributed by atoms with van der Waals surface area (Å²) >= 11 is 0. The first-order chi connectivity index (χ1) is 13.5. The minimum atomic E-state index is -0.133. The van der Waals surface area contributed by atoms with E-state index in [4.69, 9.17) is 19.2 Å². The number of nitrogens with one attached hydrogen (secondary N) is 2. The molecule has 1 saturated heterocycles. The van der Waals surface area contributed by atoms with Crippen molar-refractivity contribution in [1.29, 1.82) is 0 Å². The van der Waals surface area contributed by atoms with Crippen molar-refractivity contribution < 1.29 is 14.2 Å². The zero-order valence-electron chi connectivity index (χ0n) is 18.4. The molecule has 0 amide bonds. The highest BCUT2D eigenvalue weighted by atomic mass is 127. The van der Waals surface area contributed by atoms with Gasteiger partial charge in [-0.3, -0.25) is 9.89 Å². The van der Waals surface area contributed by atoms with Crippen molar-refractivity contribution >= 4 is 29.9 Å². The van der Waals surface area contributed by atoms with Crippen LogP contribution in [0.15, 0.2) is 23.2 Å². The molecular weight excluding hydrogens is 483 g/mol. The van der Waals surface area contributed by atoms with Gasteiger partial charge in [-0.1, -0.05) is 19.9 Å². The van der Waals surface area contributed by atoms with Gasteiger partial charge in [-0.25, -0.2) is 0 Å². The Kier molecular flexibility index (Phi) is 11.7. The molecule has 1 fully saturated rings. The largest absolute Gasteiger partial charge is 0.493 e. The van der Waals surface area contributed by atoms with E-state index in [1.165, 1.54) is 0 Å². The maximum Gasteiger partial charge on any atom is 0.191 e. The molecule has 2 N–H and O–H groups in total. The second-order valence-electron chi connectivity index (χ2n) is 7.53. The molecule has 0 spiro atoms. The molecule has 0 bridgehead atoms. The second kappa shape index (κ2) is 13.1. The lowest BCUT2D eigenvalue weighted by atomic mass is 9.84. The smallest absolute Gasteiger partial charge is 0.191 e. The molecule has 0 radical (unpaired) electrons. The van der Waals surface area contributed by atoms with Crippen LogP contribution in [-0.4, -0.2) is 77.6 Å². The highest BCUT2D eigenvalue weighted by molar-refractivity contribution is 14.0. The maximum atomic E-state index is 5.45. The molecule has 8 heteroatoms. The minimum absolute atomic E-state index is 0. The summed E-state index contributed by atoms with van der Waals surface area (Å²) in [5.41, 5.74) is 1.03. The maximum absolute atomic E-state index is 5.45. The van der Waals surface area contributed by atoms with Gasteiger partial charge in [0, 0.05) is 38.1 Å². The Bertz CT molecular complexity index is 634. The van der Waals surface area contributed by atoms with Crippen LogP contribution >= 0.6 is 24.0 Å². The van der Waals surface area contributed by atoms with E-state index in [9.17, 15) is 0 Å². The lowest BCUT2D eigenvalue weighted by molar-refractivity contribution is 0.0389. The third-order valence-corrected chi connectivity index (χ3v) is 4.97. The number of methoxy groups -OCH3 is 2. The summed E-state index contributed by atoms with van der Waals surface area (Å²) in [7, 11) is 3.31. The van der Waals surface area contributed by atoms with E-state index in [-0.39, 0.29) is 29.4 Å². The molecule has 0 saturated carbocycles. The van der Waals surface area contributed by atoms with E-state index in [2.05, 4.69) is 42.4 Å². The van der Waals surface area contributed by atoms with Crippen LogP contribution in [0.1, 0.15) is 26.3 Å². The molecule has 0 atom stereocenters. The number of hydrogen-bond donors (Lipinski definition) is 2. The molecule has 1 aliphatic rings. The molecule has 2 rings (SSSR count). The first-order valence-electron chi connectivity index (χ1n) is 10.0. The number of ether oxygens (including phenoxy) is 3. The average molecular weight is 520 g/mol. The molecular formula is C21H37IN4O3. The first-order valence-corrected chi connectivity index (χ1v) is 10.0. The van der Waals surface area contributed by atoms with Gasteiger partial charge in [-0.2, -0.15) is 0 Å². The quantitative estimate of drug-likeness (QED) is 0.297. The van der Waals surface area contributed by atoms with Crippen LogP contribution in [-0.2, 0) is 10.2 Å². The van der Waals surface area contributed by atoms with E-state index in [0.717, 1.165) is 69.0 Å². The van der Waals surface area contributed by atoms with Gasteiger partial charge < -0.3 is 24.8 Å². The number of nitrogens with zero attached hydrogens (tertiary/aromatic N) is 2. The molecule has 1 aromatic rings. The van der Waals surface area contributed by atoms with Crippen LogP contribution in [0, 0.1) is 0 Å². The summed E-state index contributed by atoms with van der Waals surface area (Å²) in [4.78, 5) is 7.23. The minimum Gasteiger partial charge on any atom is -0.493 e. The normalized spacial score (nSPS) is 15.4. The van der Waals surface area contributed by atoms with Crippen molar-refractivity contribution in [1.82, 2.24) is 15.5 Å². The second-order valence-corrected chi connectivity index (χ2v) is 7.53. The molecule has 1 heterocycles. The van der Waals surface area contributed by atoms with Gasteiger partial charge in [0.25, 0.3) is 0 Å². The van der Waals surface area contributed by atoms with E-state index >= 15 is 0 Å². The molecule has 7 nitrogen and oxygen atoms in total. The summed E-state index contributed by atoms with van der Waals surface area (Å²) in [6, 6.07) is 6.06. The Balaban J connectivity index is 0.00000420. The number of hydrogen-bond acceptors (Lipinski definition) is 5. The molecule has 1 aliphatic heterocycles. The Morgan fingerprint density at radius 2 is 1.83 bits per heavy atom. The fourth-order valence-electron chi connectivity index (χ4n) is 3.12. The van der Waals surface area contributed by atoms with Crippen LogP contribution in [0.5, 0.6) is 11.5 Å². The van der Waals surface area contributed by atoms with Crippen LogP contribution in [0.3, 0.4) is 0 Å². The molecule has 0 aromatic heterocycles. The monoisotopic (exact) mass is 520 g/mol. The number of rotatable bonds is 9. The van der Waals surface area contributed by atoms with Gasteiger partial charge in [-0.15, -0.1) is 24.0 Å². The summed E-state index contributed by atoms with van der Waals surface area (Å²) in [5, 5.41) is 6.78. The summed E-state index contributed by atoms with van der Waals surface area (Å²) < 4.78 is 16.2. The molecule has 29 heavy (non-hydrogen) atoms. The van der Waals surface area contributed by atoms with Crippen molar-refractivity contribution in [3.8, 4) is 11.5 Å². The van der Waals surface area contributed by atoms with E-state index < -0.39 is 0 Å². The first kappa shape index (κ1) is 25.8. The zero-order valence-corrected chi connectivity index (χ0v) is 20.7. The standard InChI is InChI=1S/C21H36N4O3.HI/c1-6-22-20(23-9-10-25-11-13-28-14-12-25)24-16-21(2,3)17-7-8-18(26-4)19(15-17)27-5;/h7-8,15H,6,9-14,16H2,1-5H3,(H2,22,23,24);1H. The van der Waals surface area contributed by atoms with Gasteiger partial charge >= 0.3 is 0 Å². The van der Waals surface area contributed by atoms with E-state index in [1.54, 1.807) is 14.2 Å². The zero-order chi connectivity index (χ0) is 20.4. The average Bonchev–Trinajstić information content (AvgIpc) is 2.72. The van der Waals surface area contributed by atoms with Gasteiger partial charge in [0.2, 0.25) is 0 Å². The molecule has 0 unspecified atom stereocenters. The fraction of sp³-hybridized carbons (Fsp3) is 0.667. The predicted molar refractivity (Wildman–Crippen MR) is 129 cm³/mol. The predicted octanol–water partition coefficient (Wildman–Crippen LogP) is 2.49. The molecule has 0 aliphatic carbocycles. The van der Waals surface area contributed by atoms with Gasteiger partial charge in [0.05, 0.1) is 34.0 Å². The number of aliphatic imine (C=N–C) groups is 1.